The van der Waals surface area contributed by atoms with E-state index >= 15 is 0 Å². The van der Waals surface area contributed by atoms with Gasteiger partial charge >= 0.3 is 12.3 Å². The van der Waals surface area contributed by atoms with Crippen LogP contribution in [-0.4, -0.2) is 48.3 Å². The second kappa shape index (κ2) is 42.6. The van der Waals surface area contributed by atoms with E-state index < -0.39 is 0 Å². The van der Waals surface area contributed by atoms with Crippen molar-refractivity contribution in [3.63, 3.8) is 0 Å². The molecule has 0 aromatic carbocycles. The number of hydrogen-bond donors (Lipinski definition) is 2. The third-order valence-corrected chi connectivity index (χ3v) is 12.9. The van der Waals surface area contributed by atoms with Gasteiger partial charge in [-0.2, -0.15) is 19.2 Å². The maximum atomic E-state index is 10.3. The molecule has 0 spiro atoms. The summed E-state index contributed by atoms with van der Waals surface area (Å²) >= 11 is 0. The van der Waals surface area contributed by atoms with E-state index in [1.165, 1.54) is 193 Å². The molecule has 2 N–H and O–H groups in total. The summed E-state index contributed by atoms with van der Waals surface area (Å²) in [5.41, 5.74) is 1.45. The van der Waals surface area contributed by atoms with Crippen LogP contribution >= 0.6 is 0 Å². The molecule has 8 nitrogen and oxygen atoms in total. The molecular formula is C48H88O8. The molecule has 2 atom stereocenters. The molecule has 0 bridgehead atoms. The molecule has 2 unspecified atom stereocenters. The second-order valence-corrected chi connectivity index (χ2v) is 17.1. The van der Waals surface area contributed by atoms with Gasteiger partial charge in [0, 0.05) is 26.1 Å². The number of aldehydes is 2. The van der Waals surface area contributed by atoms with Crippen LogP contribution < -0.4 is 0 Å². The minimum absolute atomic E-state index is 0.250. The lowest BCUT2D eigenvalue weighted by Crippen LogP contribution is -2.04. The molecule has 2 saturated carbocycles. The van der Waals surface area contributed by atoms with Gasteiger partial charge in [0.15, 0.2) is 0 Å². The van der Waals surface area contributed by atoms with Gasteiger partial charge in [-0.25, -0.2) is 0 Å². The van der Waals surface area contributed by atoms with Crippen molar-refractivity contribution in [2.45, 2.75) is 245 Å². The highest BCUT2D eigenvalue weighted by Crippen LogP contribution is 2.61. The molecule has 2 fully saturated rings. The summed E-state index contributed by atoms with van der Waals surface area (Å²) < 4.78 is 0. The number of aliphatic hydroxyl groups excluding tert-OH is 2. The predicted molar refractivity (Wildman–Crippen MR) is 226 cm³/mol. The Morgan fingerprint density at radius 1 is 0.411 bits per heavy atom. The van der Waals surface area contributed by atoms with Crippen LogP contribution in [-0.2, 0) is 28.8 Å². The van der Waals surface area contributed by atoms with E-state index in [1.54, 1.807) is 0 Å². The van der Waals surface area contributed by atoms with E-state index in [-0.39, 0.29) is 12.3 Å². The number of aliphatic hydroxyl groups is 2. The van der Waals surface area contributed by atoms with E-state index in [9.17, 15) is 9.59 Å². The van der Waals surface area contributed by atoms with Crippen LogP contribution in [0.2, 0.25) is 0 Å². The summed E-state index contributed by atoms with van der Waals surface area (Å²) in [7, 11) is 0. The third kappa shape index (κ3) is 33.0. The molecule has 0 heterocycles. The quantitative estimate of drug-likeness (QED) is 0.0464. The summed E-state index contributed by atoms with van der Waals surface area (Å²) in [6, 6.07) is 0. The van der Waals surface area contributed by atoms with Crippen LogP contribution in [0.3, 0.4) is 0 Å². The monoisotopic (exact) mass is 793 g/mol. The Morgan fingerprint density at radius 2 is 0.625 bits per heavy atom. The summed E-state index contributed by atoms with van der Waals surface area (Å²) in [5.74, 6) is 2.04. The molecule has 0 radical (unpaired) electrons. The van der Waals surface area contributed by atoms with Gasteiger partial charge in [0.05, 0.1) is 0 Å². The van der Waals surface area contributed by atoms with E-state index in [0.29, 0.717) is 18.6 Å². The Balaban J connectivity index is 0. The molecule has 0 saturated heterocycles. The van der Waals surface area contributed by atoms with Gasteiger partial charge in [-0.1, -0.05) is 168 Å². The van der Waals surface area contributed by atoms with E-state index in [1.807, 2.05) is 0 Å². The fraction of sp³-hybridized carbons (Fsp3) is 0.917. The smallest absolute Gasteiger partial charge is 0.373 e. The van der Waals surface area contributed by atoms with Crippen LogP contribution in [0.25, 0.3) is 0 Å². The molecule has 8 heteroatoms. The fourth-order valence-corrected chi connectivity index (χ4v) is 9.26. The van der Waals surface area contributed by atoms with Gasteiger partial charge in [-0.05, 0) is 86.9 Å². The maximum Gasteiger partial charge on any atom is 0.373 e. The molecule has 0 amide bonds. The van der Waals surface area contributed by atoms with E-state index in [4.69, 9.17) is 29.4 Å². The maximum absolute atomic E-state index is 10.3. The molecule has 328 valence electrons. The van der Waals surface area contributed by atoms with Crippen LogP contribution in [0.15, 0.2) is 0 Å². The lowest BCUT2D eigenvalue weighted by Gasteiger charge is -2.17. The van der Waals surface area contributed by atoms with Crippen molar-refractivity contribution in [3.05, 3.63) is 0 Å². The van der Waals surface area contributed by atoms with Crippen molar-refractivity contribution >= 4 is 24.9 Å². The molecule has 0 aromatic rings. The molecule has 2 rings (SSSR count). The lowest BCUT2D eigenvalue weighted by atomic mass is 9.88. The Morgan fingerprint density at radius 3 is 0.821 bits per heavy atom. The van der Waals surface area contributed by atoms with Gasteiger partial charge < -0.3 is 19.8 Å². The normalized spacial score (nSPS) is 16.7. The first-order valence-corrected chi connectivity index (χ1v) is 23.5. The Bertz CT molecular complexity index is 868. The Labute approximate surface area is 343 Å². The molecule has 2 aliphatic rings. The Kier molecular flexibility index (Phi) is 42.7. The van der Waals surface area contributed by atoms with Crippen molar-refractivity contribution in [1.82, 2.24) is 0 Å². The van der Waals surface area contributed by atoms with Crippen LogP contribution in [0.4, 0.5) is 0 Å². The minimum atomic E-state index is 0.250. The highest BCUT2D eigenvalue weighted by atomic mass is 16.3. The zero-order valence-electron chi connectivity index (χ0n) is 36.5. The molecule has 0 aliphatic heterocycles. The summed E-state index contributed by atoms with van der Waals surface area (Å²) in [6.45, 7) is 5.48. The number of rotatable bonds is 38. The van der Waals surface area contributed by atoms with Crippen molar-refractivity contribution in [2.75, 3.05) is 13.2 Å². The molecule has 0 aromatic heterocycles. The molecule has 56 heavy (non-hydrogen) atoms. The van der Waals surface area contributed by atoms with Gasteiger partial charge in [0.2, 0.25) is 0 Å². The highest BCUT2D eigenvalue weighted by Gasteiger charge is 2.51. The van der Waals surface area contributed by atoms with E-state index in [0.717, 1.165) is 68.3 Å². The second-order valence-electron chi connectivity index (χ2n) is 17.1. The minimum Gasteiger partial charge on any atom is -0.396 e. The van der Waals surface area contributed by atoms with Crippen molar-refractivity contribution in [3.8, 4) is 0 Å². The SMILES string of the molecule is CCC1CC1(CCCCCCCCC=O)CCCCCCCCC=O.CCC1CC1(CCCCCCCCCO)CCCCCCCCCO.O=C=O.O=C=O. The average molecular weight is 793 g/mol. The predicted octanol–water partition coefficient (Wildman–Crippen LogP) is 12.5. The first kappa shape index (κ1) is 56.1. The molecular weight excluding hydrogens is 705 g/mol. The van der Waals surface area contributed by atoms with Crippen LogP contribution in [0.5, 0.6) is 0 Å². The van der Waals surface area contributed by atoms with Gasteiger partial charge in [0.25, 0.3) is 0 Å². The topological polar surface area (TPSA) is 143 Å². The van der Waals surface area contributed by atoms with Gasteiger partial charge in [0.1, 0.15) is 12.6 Å². The first-order chi connectivity index (χ1) is 27.4. The van der Waals surface area contributed by atoms with Crippen molar-refractivity contribution in [2.24, 2.45) is 22.7 Å². The van der Waals surface area contributed by atoms with Gasteiger partial charge in [-0.15, -0.1) is 0 Å². The number of hydrogen-bond acceptors (Lipinski definition) is 8. The first-order valence-electron chi connectivity index (χ1n) is 23.5. The zero-order chi connectivity index (χ0) is 41.9. The zero-order valence-corrected chi connectivity index (χ0v) is 36.5. The van der Waals surface area contributed by atoms with Crippen LogP contribution in [0.1, 0.15) is 245 Å². The largest absolute Gasteiger partial charge is 0.396 e. The molecule has 2 aliphatic carbocycles. The van der Waals surface area contributed by atoms with Crippen molar-refractivity contribution < 1.29 is 39.0 Å². The van der Waals surface area contributed by atoms with Crippen molar-refractivity contribution in [1.29, 1.82) is 0 Å². The highest BCUT2D eigenvalue weighted by molar-refractivity contribution is 5.49. The van der Waals surface area contributed by atoms with Crippen LogP contribution in [0, 0.1) is 22.7 Å². The average Bonchev–Trinajstić information content (AvgIpc) is 4.11. The van der Waals surface area contributed by atoms with Gasteiger partial charge in [-0.3, -0.25) is 0 Å². The number of carbonyl (C=O) groups excluding carboxylic acids is 6. The summed E-state index contributed by atoms with van der Waals surface area (Å²) in [4.78, 5) is 53.1. The third-order valence-electron chi connectivity index (χ3n) is 12.9. The Hall–Kier alpha value is -1.98. The standard InChI is InChI=1S/C23H46O2.C23H42O2.2CO2/c2*1-2-22-21-23(22,17-13-9-5-3-7-11-15-19-24)18-14-10-6-4-8-12-16-20-25;2*2-1-3/h22,24-25H,2-21H2,1H3;19-20,22H,2-18,21H2,1H3;;. The number of carbonyl (C=O) groups is 2. The summed E-state index contributed by atoms with van der Waals surface area (Å²) in [6.07, 6.45) is 49.5. The number of unbranched alkanes of at least 4 members (excludes halogenated alkanes) is 24. The summed E-state index contributed by atoms with van der Waals surface area (Å²) in [5, 5.41) is 17.6. The lowest BCUT2D eigenvalue weighted by molar-refractivity contribution is -0.193. The fourth-order valence-electron chi connectivity index (χ4n) is 9.26. The van der Waals surface area contributed by atoms with E-state index in [2.05, 4.69) is 13.8 Å².